The molecule has 1 amide bonds. The Morgan fingerprint density at radius 3 is 2.39 bits per heavy atom. The lowest BCUT2D eigenvalue weighted by Gasteiger charge is -2.13. The van der Waals surface area contributed by atoms with Crippen LogP contribution in [0.15, 0.2) is 30.3 Å². The Morgan fingerprint density at radius 2 is 1.81 bits per heavy atom. The monoisotopic (exact) mass is 450 g/mol. The second kappa shape index (κ2) is 8.35. The molecule has 0 aliphatic carbocycles. The first-order valence-corrected chi connectivity index (χ1v) is 9.44. The average molecular weight is 451 g/mol. The molecule has 31 heavy (non-hydrogen) atoms. The molecule has 0 saturated heterocycles. The van der Waals surface area contributed by atoms with Crippen molar-refractivity contribution in [3.8, 4) is 5.75 Å². The number of amides is 1. The largest absolute Gasteiger partial charge is 0.503 e. The van der Waals surface area contributed by atoms with E-state index in [1.165, 1.54) is 38.1 Å². The average Bonchev–Trinajstić information content (AvgIpc) is 3.01. The highest BCUT2D eigenvalue weighted by Gasteiger charge is 2.30. The Bertz CT molecular complexity index is 1220. The molecule has 0 fully saturated rings. The summed E-state index contributed by atoms with van der Waals surface area (Å²) in [5.74, 6) is -7.61. The van der Waals surface area contributed by atoms with E-state index in [1.807, 2.05) is 0 Å². The smallest absolute Gasteiger partial charge is 0.322 e. The molecule has 10 heteroatoms. The molecule has 0 aliphatic heterocycles. The summed E-state index contributed by atoms with van der Waals surface area (Å²) in [6, 6.07) is 6.63. The third kappa shape index (κ3) is 3.96. The number of carbonyl (C=O) groups excluding carboxylic acids is 2. The van der Waals surface area contributed by atoms with Crippen LogP contribution in [0.4, 0.5) is 8.78 Å². The molecule has 3 N–H and O–H groups in total. The van der Waals surface area contributed by atoms with Gasteiger partial charge in [0.15, 0.2) is 17.4 Å². The van der Waals surface area contributed by atoms with Crippen LogP contribution in [0.3, 0.4) is 0 Å². The van der Waals surface area contributed by atoms with Crippen molar-refractivity contribution < 1.29 is 33.4 Å². The second-order valence-corrected chi connectivity index (χ2v) is 7.33. The molecular weight excluding hydrogens is 434 g/mol. The predicted octanol–water partition coefficient (Wildman–Crippen LogP) is 3.58. The second-order valence-electron chi connectivity index (χ2n) is 6.89. The minimum Gasteiger partial charge on any atom is -0.503 e. The molecule has 0 bridgehead atoms. The van der Waals surface area contributed by atoms with Gasteiger partial charge in [0.05, 0.1) is 11.4 Å². The fraction of sp³-hybridized carbons (Fsp3) is 0.190. The van der Waals surface area contributed by atoms with Crippen molar-refractivity contribution in [3.63, 3.8) is 0 Å². The number of nitrogens with zero attached hydrogens (tertiary/aromatic N) is 1. The molecule has 3 rings (SSSR count). The van der Waals surface area contributed by atoms with Crippen LogP contribution in [-0.2, 0) is 9.59 Å². The number of nitrogens with one attached hydrogen (secondary N) is 1. The van der Waals surface area contributed by atoms with Crippen molar-refractivity contribution in [3.05, 3.63) is 63.8 Å². The van der Waals surface area contributed by atoms with Crippen LogP contribution in [0.5, 0.6) is 5.75 Å². The number of fused-ring (bicyclic) bond motifs is 1. The van der Waals surface area contributed by atoms with Gasteiger partial charge in [0.25, 0.3) is 5.91 Å². The Kier molecular flexibility index (Phi) is 5.99. The number of hydrogen-bond donors (Lipinski definition) is 3. The summed E-state index contributed by atoms with van der Waals surface area (Å²) in [4.78, 5) is 36.4. The fourth-order valence-corrected chi connectivity index (χ4v) is 3.60. The first-order valence-electron chi connectivity index (χ1n) is 9.06. The van der Waals surface area contributed by atoms with Gasteiger partial charge < -0.3 is 15.5 Å². The van der Waals surface area contributed by atoms with Crippen LogP contribution >= 0.6 is 11.6 Å². The molecule has 2 aromatic carbocycles. The number of rotatable bonds is 5. The normalized spacial score (nSPS) is 12.0. The van der Waals surface area contributed by atoms with E-state index in [2.05, 4.69) is 5.32 Å². The van der Waals surface area contributed by atoms with Crippen molar-refractivity contribution in [1.82, 2.24) is 9.88 Å². The first kappa shape index (κ1) is 22.2. The van der Waals surface area contributed by atoms with Gasteiger partial charge >= 0.3 is 5.97 Å². The Morgan fingerprint density at radius 1 is 1.19 bits per heavy atom. The standard InChI is InChI=1S/C21H17ClF2N2O5/c1-9(20(30)25-8-15(27)28)16-10(2)26(21(31)11-3-5-12(22)6-4-11)14-7-13(23)19(29)18(24)17(14)16/h3-7,9,29H,8H2,1-2H3,(H,25,30)(H,27,28). The third-order valence-electron chi connectivity index (χ3n) is 4.94. The van der Waals surface area contributed by atoms with Gasteiger partial charge in [0, 0.05) is 27.7 Å². The summed E-state index contributed by atoms with van der Waals surface area (Å²) in [5, 5.41) is 20.8. The molecule has 1 heterocycles. The number of aliphatic carboxylic acids is 1. The van der Waals surface area contributed by atoms with Gasteiger partial charge in [0.2, 0.25) is 5.91 Å². The maximum Gasteiger partial charge on any atom is 0.322 e. The van der Waals surface area contributed by atoms with E-state index in [9.17, 15) is 28.3 Å². The van der Waals surface area contributed by atoms with Crippen molar-refractivity contribution in [2.45, 2.75) is 19.8 Å². The quantitative estimate of drug-likeness (QED) is 0.550. The molecule has 7 nitrogen and oxygen atoms in total. The number of phenols is 1. The lowest BCUT2D eigenvalue weighted by Crippen LogP contribution is -2.32. The van der Waals surface area contributed by atoms with Gasteiger partial charge in [-0.15, -0.1) is 0 Å². The SMILES string of the molecule is Cc1c(C(C)C(=O)NCC(=O)O)c2c(F)c(O)c(F)cc2n1C(=O)c1ccc(Cl)cc1. The molecule has 1 aromatic heterocycles. The topological polar surface area (TPSA) is 109 Å². The highest BCUT2D eigenvalue weighted by atomic mass is 35.5. The van der Waals surface area contributed by atoms with E-state index < -0.39 is 47.6 Å². The number of hydrogen-bond acceptors (Lipinski definition) is 4. The molecule has 1 atom stereocenters. The summed E-state index contributed by atoms with van der Waals surface area (Å²) in [6.07, 6.45) is 0. The van der Waals surface area contributed by atoms with Gasteiger partial charge in [-0.05, 0) is 43.7 Å². The maximum absolute atomic E-state index is 14.9. The number of aromatic nitrogens is 1. The van der Waals surface area contributed by atoms with E-state index in [1.54, 1.807) is 0 Å². The van der Waals surface area contributed by atoms with E-state index in [0.717, 1.165) is 10.6 Å². The van der Waals surface area contributed by atoms with Gasteiger partial charge in [-0.2, -0.15) is 0 Å². The summed E-state index contributed by atoms with van der Waals surface area (Å²) >= 11 is 5.85. The number of carbonyl (C=O) groups is 3. The van der Waals surface area contributed by atoms with E-state index in [4.69, 9.17) is 16.7 Å². The minimum atomic E-state index is -1.33. The van der Waals surface area contributed by atoms with Crippen molar-refractivity contribution >= 4 is 40.3 Å². The third-order valence-corrected chi connectivity index (χ3v) is 5.20. The molecule has 0 saturated carbocycles. The zero-order valence-electron chi connectivity index (χ0n) is 16.4. The Labute approximate surface area is 179 Å². The van der Waals surface area contributed by atoms with Crippen LogP contribution in [0.1, 0.15) is 34.5 Å². The molecule has 0 aliphatic rings. The van der Waals surface area contributed by atoms with Crippen LogP contribution in [-0.4, -0.2) is 39.1 Å². The molecule has 0 spiro atoms. The number of benzene rings is 2. The molecular formula is C21H17ClF2N2O5. The highest BCUT2D eigenvalue weighted by Crippen LogP contribution is 2.38. The predicted molar refractivity (Wildman–Crippen MR) is 108 cm³/mol. The maximum atomic E-state index is 14.9. The number of phenolic OH excluding ortho intramolecular Hbond substituents is 1. The van der Waals surface area contributed by atoms with Gasteiger partial charge in [-0.3, -0.25) is 19.0 Å². The molecule has 3 aromatic rings. The summed E-state index contributed by atoms with van der Waals surface area (Å²) in [6.45, 7) is 2.17. The minimum absolute atomic E-state index is 0.0213. The number of halogens is 3. The summed E-state index contributed by atoms with van der Waals surface area (Å²) in [7, 11) is 0. The zero-order valence-corrected chi connectivity index (χ0v) is 17.1. The van der Waals surface area contributed by atoms with Gasteiger partial charge in [0.1, 0.15) is 6.54 Å². The van der Waals surface area contributed by atoms with E-state index in [-0.39, 0.29) is 27.7 Å². The van der Waals surface area contributed by atoms with Gasteiger partial charge in [-0.1, -0.05) is 11.6 Å². The molecule has 1 unspecified atom stereocenters. The van der Waals surface area contributed by atoms with E-state index in [0.29, 0.717) is 5.02 Å². The first-order chi connectivity index (χ1) is 14.5. The van der Waals surface area contributed by atoms with Gasteiger partial charge in [-0.25, -0.2) is 8.78 Å². The summed E-state index contributed by atoms with van der Waals surface area (Å²) < 4.78 is 30.1. The Balaban J connectivity index is 2.25. The van der Waals surface area contributed by atoms with Crippen molar-refractivity contribution in [2.75, 3.05) is 6.54 Å². The zero-order chi connectivity index (χ0) is 23.0. The summed E-state index contributed by atoms with van der Waals surface area (Å²) in [5.41, 5.74) is 0.149. The number of carboxylic acid groups (broad SMARTS) is 1. The molecule has 162 valence electrons. The lowest BCUT2D eigenvalue weighted by molar-refractivity contribution is -0.138. The number of aromatic hydroxyl groups is 1. The molecule has 0 radical (unpaired) electrons. The van der Waals surface area contributed by atoms with Crippen LogP contribution in [0.2, 0.25) is 5.02 Å². The van der Waals surface area contributed by atoms with Crippen molar-refractivity contribution in [1.29, 1.82) is 0 Å². The number of carboxylic acids is 1. The van der Waals surface area contributed by atoms with E-state index >= 15 is 0 Å². The van der Waals surface area contributed by atoms with Crippen molar-refractivity contribution in [2.24, 2.45) is 0 Å². The lowest BCUT2D eigenvalue weighted by atomic mass is 9.96. The van der Waals surface area contributed by atoms with Crippen LogP contribution < -0.4 is 5.32 Å². The highest BCUT2D eigenvalue weighted by molar-refractivity contribution is 6.30. The van der Waals surface area contributed by atoms with Crippen LogP contribution in [0, 0.1) is 18.6 Å². The fourth-order valence-electron chi connectivity index (χ4n) is 3.47. The Hall–Kier alpha value is -3.46. The van der Waals surface area contributed by atoms with Crippen LogP contribution in [0.25, 0.3) is 10.9 Å².